The van der Waals surface area contributed by atoms with Crippen LogP contribution in [0.1, 0.15) is 24.1 Å². The number of carboxylic acids is 1. The van der Waals surface area contributed by atoms with Gasteiger partial charge in [0.2, 0.25) is 0 Å². The molecule has 0 saturated heterocycles. The van der Waals surface area contributed by atoms with Crippen LogP contribution in [0.25, 0.3) is 0 Å². The van der Waals surface area contributed by atoms with Crippen molar-refractivity contribution < 1.29 is 9.90 Å². The summed E-state index contributed by atoms with van der Waals surface area (Å²) in [5, 5.41) is 8.60. The molecule has 3 nitrogen and oxygen atoms in total. The van der Waals surface area contributed by atoms with Crippen molar-refractivity contribution in [3.63, 3.8) is 0 Å². The highest BCUT2D eigenvalue weighted by Gasteiger charge is 2.12. The third-order valence-electron chi connectivity index (χ3n) is 2.85. The zero-order chi connectivity index (χ0) is 15.7. The molecule has 0 amide bonds. The maximum Gasteiger partial charge on any atom is 0.317 e. The molecule has 0 aliphatic rings. The molecule has 2 rings (SSSR count). The lowest BCUT2D eigenvalue weighted by atomic mass is 10.1. The quantitative estimate of drug-likeness (QED) is 0.825. The van der Waals surface area contributed by atoms with Crippen molar-refractivity contribution in [3.05, 3.63) is 71.8 Å². The predicted octanol–water partition coefficient (Wildman–Crippen LogP) is 3.78. The summed E-state index contributed by atoms with van der Waals surface area (Å²) in [6, 6.07) is 19.8. The number of rotatable bonds is 4. The van der Waals surface area contributed by atoms with Crippen LogP contribution in [-0.4, -0.2) is 15.9 Å². The normalized spacial score (nSPS) is 12.7. The fraction of sp³-hybridized carbons (Fsp3) is 0.235. The molecule has 2 atom stereocenters. The summed E-state index contributed by atoms with van der Waals surface area (Å²) in [5.41, 5.74) is 7.84. The van der Waals surface area contributed by atoms with Gasteiger partial charge in [-0.15, -0.1) is 0 Å². The maximum atomic E-state index is 10.5. The summed E-state index contributed by atoms with van der Waals surface area (Å²) < 4.78 is 0. The van der Waals surface area contributed by atoms with Crippen LogP contribution in [0.4, 0.5) is 0 Å². The van der Waals surface area contributed by atoms with Crippen LogP contribution in [0.15, 0.2) is 60.7 Å². The topological polar surface area (TPSA) is 63.3 Å². The van der Waals surface area contributed by atoms with Crippen molar-refractivity contribution in [1.29, 1.82) is 0 Å². The maximum absolute atomic E-state index is 10.5. The van der Waals surface area contributed by atoms with E-state index in [-0.39, 0.29) is 6.04 Å². The Morgan fingerprint density at radius 2 is 1.57 bits per heavy atom. The van der Waals surface area contributed by atoms with E-state index < -0.39 is 10.8 Å². The summed E-state index contributed by atoms with van der Waals surface area (Å²) in [6.07, 6.45) is 0.524. The molecule has 0 spiro atoms. The van der Waals surface area contributed by atoms with Gasteiger partial charge in [0.1, 0.15) is 4.83 Å². The first-order valence-electron chi connectivity index (χ1n) is 6.72. The van der Waals surface area contributed by atoms with Gasteiger partial charge in [-0.25, -0.2) is 0 Å². The summed E-state index contributed by atoms with van der Waals surface area (Å²) in [4.78, 5) is 9.97. The molecule has 21 heavy (non-hydrogen) atoms. The van der Waals surface area contributed by atoms with Gasteiger partial charge in [0, 0.05) is 6.04 Å². The average molecular weight is 350 g/mol. The number of nitrogens with two attached hydrogens (primary N) is 1. The fourth-order valence-corrected chi connectivity index (χ4v) is 2.04. The Bertz CT molecular complexity index is 529. The van der Waals surface area contributed by atoms with Crippen LogP contribution < -0.4 is 5.73 Å². The summed E-state index contributed by atoms with van der Waals surface area (Å²) in [5.74, 6) is -0.821. The Morgan fingerprint density at radius 1 is 1.10 bits per heavy atom. The van der Waals surface area contributed by atoms with Crippen molar-refractivity contribution in [2.24, 2.45) is 5.73 Å². The lowest BCUT2D eigenvalue weighted by Crippen LogP contribution is -2.15. The van der Waals surface area contributed by atoms with E-state index in [1.54, 1.807) is 0 Å². The van der Waals surface area contributed by atoms with Gasteiger partial charge in [-0.05, 0) is 24.5 Å². The van der Waals surface area contributed by atoms with Gasteiger partial charge in [0.05, 0.1) is 0 Å². The second-order valence-electron chi connectivity index (χ2n) is 4.69. The molecule has 2 aromatic carbocycles. The van der Waals surface area contributed by atoms with Crippen LogP contribution in [0, 0.1) is 0 Å². The number of aliphatic carboxylic acids is 1. The standard InChI is InChI=1S/C9H9BrO2.C8H11N/c10-8(9(11)12)6-7-4-2-1-3-5-7;1-7(9)8-5-3-2-4-6-8/h1-5,8H,6H2,(H,11,12);2-7H,9H2,1H3/t8-;7-/m10/s1. The molecule has 0 fully saturated rings. The zero-order valence-electron chi connectivity index (χ0n) is 11.9. The first kappa shape index (κ1) is 17.4. The van der Waals surface area contributed by atoms with Crippen molar-refractivity contribution in [2.45, 2.75) is 24.2 Å². The molecule has 112 valence electrons. The first-order chi connectivity index (χ1) is 10.0. The molecule has 2 aromatic rings. The van der Waals surface area contributed by atoms with E-state index in [0.29, 0.717) is 6.42 Å². The highest BCUT2D eigenvalue weighted by Crippen LogP contribution is 2.09. The zero-order valence-corrected chi connectivity index (χ0v) is 13.5. The molecular weight excluding hydrogens is 330 g/mol. The number of carbonyl (C=O) groups is 1. The minimum Gasteiger partial charge on any atom is -0.480 e. The summed E-state index contributed by atoms with van der Waals surface area (Å²) in [6.45, 7) is 1.98. The molecule has 4 heteroatoms. The lowest BCUT2D eigenvalue weighted by Gasteiger charge is -2.03. The van der Waals surface area contributed by atoms with Crippen molar-refractivity contribution in [3.8, 4) is 0 Å². The van der Waals surface area contributed by atoms with Crippen molar-refractivity contribution >= 4 is 21.9 Å². The predicted molar refractivity (Wildman–Crippen MR) is 89.5 cm³/mol. The van der Waals surface area contributed by atoms with E-state index in [1.165, 1.54) is 5.56 Å². The molecule has 0 heterocycles. The fourth-order valence-electron chi connectivity index (χ4n) is 1.66. The van der Waals surface area contributed by atoms with E-state index in [1.807, 2.05) is 67.6 Å². The van der Waals surface area contributed by atoms with Crippen molar-refractivity contribution in [2.75, 3.05) is 0 Å². The smallest absolute Gasteiger partial charge is 0.317 e. The van der Waals surface area contributed by atoms with Crippen LogP contribution in [0.2, 0.25) is 0 Å². The number of benzene rings is 2. The first-order valence-corrected chi connectivity index (χ1v) is 7.63. The Morgan fingerprint density at radius 3 is 1.95 bits per heavy atom. The number of alkyl halides is 1. The minimum absolute atomic E-state index is 0.159. The highest BCUT2D eigenvalue weighted by molar-refractivity contribution is 9.10. The molecule has 0 aliphatic carbocycles. The monoisotopic (exact) mass is 349 g/mol. The molecular formula is C17H20BrNO2. The lowest BCUT2D eigenvalue weighted by molar-refractivity contribution is -0.136. The molecule has 0 radical (unpaired) electrons. The Balaban J connectivity index is 0.000000219. The van der Waals surface area contributed by atoms with E-state index in [9.17, 15) is 4.79 Å². The van der Waals surface area contributed by atoms with E-state index in [2.05, 4.69) is 15.9 Å². The third kappa shape index (κ3) is 7.06. The van der Waals surface area contributed by atoms with Gasteiger partial charge >= 0.3 is 5.97 Å². The molecule has 0 saturated carbocycles. The largest absolute Gasteiger partial charge is 0.480 e. The number of hydrogen-bond donors (Lipinski definition) is 2. The second kappa shape index (κ2) is 9.32. The molecule has 0 unspecified atom stereocenters. The van der Waals surface area contributed by atoms with E-state index in [4.69, 9.17) is 10.8 Å². The van der Waals surface area contributed by atoms with E-state index >= 15 is 0 Å². The summed E-state index contributed by atoms with van der Waals surface area (Å²) >= 11 is 3.08. The molecule has 0 bridgehead atoms. The van der Waals surface area contributed by atoms with Gasteiger partial charge < -0.3 is 10.8 Å². The highest BCUT2D eigenvalue weighted by atomic mass is 79.9. The summed E-state index contributed by atoms with van der Waals surface area (Å²) in [7, 11) is 0. The van der Waals surface area contributed by atoms with E-state index in [0.717, 1.165) is 5.56 Å². The molecule has 3 N–H and O–H groups in total. The molecule has 0 aromatic heterocycles. The van der Waals surface area contributed by atoms with Gasteiger partial charge in [-0.1, -0.05) is 76.6 Å². The Hall–Kier alpha value is -1.65. The Kier molecular flexibility index (Phi) is 7.72. The second-order valence-corrected chi connectivity index (χ2v) is 5.80. The van der Waals surface area contributed by atoms with Gasteiger partial charge in [-0.2, -0.15) is 0 Å². The molecule has 0 aliphatic heterocycles. The van der Waals surface area contributed by atoms with Crippen LogP contribution >= 0.6 is 15.9 Å². The minimum atomic E-state index is -0.821. The number of hydrogen-bond acceptors (Lipinski definition) is 2. The van der Waals surface area contributed by atoms with Crippen LogP contribution in [0.3, 0.4) is 0 Å². The van der Waals surface area contributed by atoms with Gasteiger partial charge in [-0.3, -0.25) is 4.79 Å². The average Bonchev–Trinajstić information content (AvgIpc) is 2.49. The van der Waals surface area contributed by atoms with Crippen LogP contribution in [-0.2, 0) is 11.2 Å². The van der Waals surface area contributed by atoms with Crippen LogP contribution in [0.5, 0.6) is 0 Å². The van der Waals surface area contributed by atoms with Gasteiger partial charge in [0.15, 0.2) is 0 Å². The van der Waals surface area contributed by atoms with Gasteiger partial charge in [0.25, 0.3) is 0 Å². The van der Waals surface area contributed by atoms with Crippen molar-refractivity contribution in [1.82, 2.24) is 0 Å². The number of carboxylic acid groups (broad SMARTS) is 1. The number of halogens is 1. The SMILES string of the molecule is C[C@H](N)c1ccccc1.O=C(O)[C@H](Br)Cc1ccccc1. The Labute approximate surface area is 133 Å². The third-order valence-corrected chi connectivity index (χ3v) is 3.57.